The Morgan fingerprint density at radius 3 is 2.44 bits per heavy atom. The molecule has 7 nitrogen and oxygen atoms in total. The van der Waals surface area contributed by atoms with Gasteiger partial charge in [0.1, 0.15) is 11.9 Å². The highest BCUT2D eigenvalue weighted by Gasteiger charge is 2.29. The van der Waals surface area contributed by atoms with Crippen LogP contribution in [0.4, 0.5) is 13.2 Å². The molecular formula is C28H28F3N5O2S. The Hall–Kier alpha value is -3.78. The van der Waals surface area contributed by atoms with Gasteiger partial charge in [0.05, 0.1) is 33.1 Å². The summed E-state index contributed by atoms with van der Waals surface area (Å²) in [6.07, 6.45) is 5.55. The van der Waals surface area contributed by atoms with Gasteiger partial charge in [0.15, 0.2) is 9.84 Å². The Labute approximate surface area is 225 Å². The van der Waals surface area contributed by atoms with Gasteiger partial charge in [-0.1, -0.05) is 20.3 Å². The first-order valence-electron chi connectivity index (χ1n) is 12.6. The Balaban J connectivity index is 1.71. The summed E-state index contributed by atoms with van der Waals surface area (Å²) in [6.45, 7) is 4.13. The van der Waals surface area contributed by atoms with Crippen molar-refractivity contribution in [3.8, 4) is 23.4 Å². The van der Waals surface area contributed by atoms with Crippen molar-refractivity contribution in [1.82, 2.24) is 19.5 Å². The van der Waals surface area contributed by atoms with Crippen molar-refractivity contribution in [3.63, 3.8) is 0 Å². The third kappa shape index (κ3) is 5.81. The number of nitrogens with zero attached hydrogens (tertiary/aromatic N) is 5. The van der Waals surface area contributed by atoms with E-state index in [0.29, 0.717) is 35.0 Å². The Kier molecular flexibility index (Phi) is 8.07. The molecule has 4 aromatic rings. The highest BCUT2D eigenvalue weighted by molar-refractivity contribution is 7.91. The van der Waals surface area contributed by atoms with Crippen LogP contribution in [0.5, 0.6) is 0 Å². The van der Waals surface area contributed by atoms with E-state index in [4.69, 9.17) is 0 Å². The van der Waals surface area contributed by atoms with E-state index in [0.717, 1.165) is 6.92 Å². The lowest BCUT2D eigenvalue weighted by atomic mass is 9.99. The summed E-state index contributed by atoms with van der Waals surface area (Å²) in [6, 6.07) is 9.62. The predicted molar refractivity (Wildman–Crippen MR) is 142 cm³/mol. The number of halogens is 3. The average molecular weight is 556 g/mol. The number of alkyl halides is 2. The fourth-order valence-electron chi connectivity index (χ4n) is 4.41. The molecule has 0 fully saturated rings. The van der Waals surface area contributed by atoms with Crippen molar-refractivity contribution >= 4 is 20.7 Å². The topological polar surface area (TPSA) is 102 Å². The predicted octanol–water partition coefficient (Wildman–Crippen LogP) is 6.29. The minimum absolute atomic E-state index is 0.0171. The lowest BCUT2D eigenvalue weighted by Crippen LogP contribution is -2.21. The molecule has 39 heavy (non-hydrogen) atoms. The number of benzene rings is 1. The molecule has 1 aromatic carbocycles. The van der Waals surface area contributed by atoms with Crippen molar-refractivity contribution < 1.29 is 21.6 Å². The van der Waals surface area contributed by atoms with Crippen LogP contribution in [-0.2, 0) is 16.3 Å². The monoisotopic (exact) mass is 555 g/mol. The van der Waals surface area contributed by atoms with Crippen LogP contribution >= 0.6 is 0 Å². The maximum Gasteiger partial charge on any atom is 0.247 e. The summed E-state index contributed by atoms with van der Waals surface area (Å²) in [4.78, 5) is 13.0. The van der Waals surface area contributed by atoms with E-state index in [1.54, 1.807) is 29.1 Å². The summed E-state index contributed by atoms with van der Waals surface area (Å²) in [5.41, 5.74) is 1.73. The molecule has 11 heteroatoms. The van der Waals surface area contributed by atoms with Gasteiger partial charge in [-0.3, -0.25) is 9.55 Å². The number of sulfone groups is 1. The Morgan fingerprint density at radius 1 is 1.13 bits per heavy atom. The van der Waals surface area contributed by atoms with Gasteiger partial charge in [-0.2, -0.15) is 5.26 Å². The van der Waals surface area contributed by atoms with Crippen LogP contribution in [0.25, 0.3) is 28.2 Å². The third-order valence-corrected chi connectivity index (χ3v) is 8.67. The number of pyridine rings is 1. The van der Waals surface area contributed by atoms with E-state index in [-0.39, 0.29) is 40.7 Å². The molecule has 0 aliphatic carbocycles. The number of nitriles is 1. The molecule has 1 unspecified atom stereocenters. The molecule has 1 atom stereocenters. The second-order valence-electron chi connectivity index (χ2n) is 9.59. The van der Waals surface area contributed by atoms with Crippen LogP contribution in [0.2, 0.25) is 0 Å². The van der Waals surface area contributed by atoms with Crippen LogP contribution in [-0.4, -0.2) is 39.6 Å². The van der Waals surface area contributed by atoms with E-state index in [1.165, 1.54) is 31.3 Å². The first-order valence-corrected chi connectivity index (χ1v) is 14.2. The molecule has 0 saturated heterocycles. The zero-order chi connectivity index (χ0) is 28.4. The van der Waals surface area contributed by atoms with Crippen LogP contribution in [0.15, 0.2) is 53.8 Å². The van der Waals surface area contributed by atoms with Crippen LogP contribution in [0.3, 0.4) is 0 Å². The van der Waals surface area contributed by atoms with Gasteiger partial charge in [0.2, 0.25) is 11.9 Å². The van der Waals surface area contributed by atoms with Crippen LogP contribution in [0.1, 0.15) is 51.2 Å². The van der Waals surface area contributed by atoms with Gasteiger partial charge in [-0.15, -0.1) is 0 Å². The molecule has 0 amide bonds. The second-order valence-corrected chi connectivity index (χ2v) is 11.7. The molecule has 0 N–H and O–H groups in total. The van der Waals surface area contributed by atoms with E-state index >= 15 is 0 Å². The average Bonchev–Trinajstić information content (AvgIpc) is 3.23. The SMILES string of the molecule is CCc1cc2c(cc1F)c(C#N)c(-c1ccc(S(=O)(=O)CCCCC(C)C(C)(F)F)cn1)n2-c1ncccn1. The standard InChI is InChI=1S/C28H28F3N5O2S/c1-4-19-14-25-21(15-23(19)29)22(16-32)26(36(25)27-33-11-7-12-34-27)24-10-9-20(17-35-24)39(37,38)13-6-5-8-18(2)28(3,30)31/h7,9-12,14-15,17-18H,4-6,8,13H2,1-3H3. The molecule has 0 bridgehead atoms. The molecule has 0 saturated carbocycles. The summed E-state index contributed by atoms with van der Waals surface area (Å²) >= 11 is 0. The number of hydrogen-bond acceptors (Lipinski definition) is 6. The minimum atomic E-state index is -3.71. The minimum Gasteiger partial charge on any atom is -0.275 e. The van der Waals surface area contributed by atoms with E-state index < -0.39 is 27.5 Å². The number of unbranched alkanes of at least 4 members (excludes halogenated alkanes) is 1. The van der Waals surface area contributed by atoms with Crippen molar-refractivity contribution in [1.29, 1.82) is 5.26 Å². The normalized spacial score (nSPS) is 12.9. The first kappa shape index (κ1) is 28.2. The summed E-state index contributed by atoms with van der Waals surface area (Å²) in [7, 11) is -3.71. The highest BCUT2D eigenvalue weighted by Crippen LogP contribution is 2.36. The summed E-state index contributed by atoms with van der Waals surface area (Å²) in [5.74, 6) is -4.03. The largest absolute Gasteiger partial charge is 0.275 e. The molecule has 0 spiro atoms. The molecule has 204 valence electrons. The highest BCUT2D eigenvalue weighted by atomic mass is 32.2. The summed E-state index contributed by atoms with van der Waals surface area (Å²) < 4.78 is 68.8. The van der Waals surface area contributed by atoms with Crippen molar-refractivity contribution in [2.24, 2.45) is 5.92 Å². The van der Waals surface area contributed by atoms with Gasteiger partial charge < -0.3 is 0 Å². The van der Waals surface area contributed by atoms with E-state index in [2.05, 4.69) is 21.0 Å². The van der Waals surface area contributed by atoms with Gasteiger partial charge in [0.25, 0.3) is 0 Å². The van der Waals surface area contributed by atoms with E-state index in [9.17, 15) is 26.9 Å². The smallest absolute Gasteiger partial charge is 0.247 e. The van der Waals surface area contributed by atoms with Crippen molar-refractivity contribution in [2.75, 3.05) is 5.75 Å². The number of rotatable bonds is 10. The zero-order valence-corrected chi connectivity index (χ0v) is 22.6. The van der Waals surface area contributed by atoms with Gasteiger partial charge in [0, 0.05) is 29.9 Å². The third-order valence-electron chi connectivity index (χ3n) is 6.88. The van der Waals surface area contributed by atoms with Crippen molar-refractivity contribution in [2.45, 2.75) is 57.3 Å². The van der Waals surface area contributed by atoms with Crippen LogP contribution < -0.4 is 0 Å². The molecular weight excluding hydrogens is 527 g/mol. The summed E-state index contributed by atoms with van der Waals surface area (Å²) in [5, 5.41) is 10.4. The molecule has 4 rings (SSSR count). The number of aromatic nitrogens is 4. The van der Waals surface area contributed by atoms with Gasteiger partial charge in [-0.05, 0) is 62.1 Å². The lowest BCUT2D eigenvalue weighted by molar-refractivity contribution is -0.0359. The zero-order valence-electron chi connectivity index (χ0n) is 21.8. The second kappa shape index (κ2) is 11.1. The number of aryl methyl sites for hydroxylation is 1. The fourth-order valence-corrected chi connectivity index (χ4v) is 5.72. The lowest BCUT2D eigenvalue weighted by Gasteiger charge is -2.18. The number of fused-ring (bicyclic) bond motifs is 1. The van der Waals surface area contributed by atoms with Crippen LogP contribution in [0, 0.1) is 23.1 Å². The molecule has 0 radical (unpaired) electrons. The number of hydrogen-bond donors (Lipinski definition) is 0. The molecule has 3 aromatic heterocycles. The molecule has 0 aliphatic rings. The maximum atomic E-state index is 14.7. The molecule has 0 aliphatic heterocycles. The maximum absolute atomic E-state index is 14.7. The Morgan fingerprint density at radius 2 is 1.85 bits per heavy atom. The Bertz CT molecular complexity index is 1620. The molecule has 3 heterocycles. The van der Waals surface area contributed by atoms with E-state index in [1.807, 2.05) is 6.92 Å². The van der Waals surface area contributed by atoms with Crippen molar-refractivity contribution in [3.05, 3.63) is 65.9 Å². The fraction of sp³-hybridized carbons (Fsp3) is 0.357. The van der Waals surface area contributed by atoms with Gasteiger partial charge >= 0.3 is 0 Å². The van der Waals surface area contributed by atoms with Gasteiger partial charge in [-0.25, -0.2) is 31.6 Å². The first-order chi connectivity index (χ1) is 18.5. The quantitative estimate of drug-likeness (QED) is 0.213.